The van der Waals surface area contributed by atoms with E-state index in [2.05, 4.69) is 15.3 Å². The first kappa shape index (κ1) is 12.6. The van der Waals surface area contributed by atoms with E-state index in [1.165, 1.54) is 6.39 Å². The number of carbonyl (C=O) groups is 1. The molecule has 1 aromatic carbocycles. The first-order valence-electron chi connectivity index (χ1n) is 6.78. The highest BCUT2D eigenvalue weighted by Gasteiger charge is 2.12. The van der Waals surface area contributed by atoms with Crippen LogP contribution in [0, 0.1) is 6.92 Å². The van der Waals surface area contributed by atoms with Crippen molar-refractivity contribution in [2.45, 2.75) is 6.92 Å². The van der Waals surface area contributed by atoms with Crippen LogP contribution in [0.15, 0.2) is 47.5 Å². The Balaban J connectivity index is 1.94. The van der Waals surface area contributed by atoms with Gasteiger partial charge in [-0.1, -0.05) is 6.07 Å². The summed E-state index contributed by atoms with van der Waals surface area (Å²) in [6.07, 6.45) is 5.80. The largest absolute Gasteiger partial charge is 0.443 e. The lowest BCUT2D eigenvalue weighted by atomic mass is 10.0. The number of aryl methyl sites for hydroxylation is 1. The number of hydrogen-bond acceptors (Lipinski definition) is 4. The van der Waals surface area contributed by atoms with Gasteiger partial charge in [0.15, 0.2) is 17.8 Å². The van der Waals surface area contributed by atoms with Gasteiger partial charge in [0.1, 0.15) is 11.2 Å². The Morgan fingerprint density at radius 3 is 3.00 bits per heavy atom. The number of nitrogens with one attached hydrogen (secondary N) is 1. The summed E-state index contributed by atoms with van der Waals surface area (Å²) in [5.74, 6) is 0.517. The molecule has 0 saturated carbocycles. The zero-order chi connectivity index (χ0) is 15.1. The molecule has 22 heavy (non-hydrogen) atoms. The minimum atomic E-state index is 0.517. The smallest absolute Gasteiger partial charge is 0.212 e. The molecule has 1 amide bonds. The van der Waals surface area contributed by atoms with E-state index in [-0.39, 0.29) is 0 Å². The molecule has 0 bridgehead atoms. The van der Waals surface area contributed by atoms with Gasteiger partial charge in [0.25, 0.3) is 0 Å². The summed E-state index contributed by atoms with van der Waals surface area (Å²) in [6.45, 7) is 2.04. The third-order valence-electron chi connectivity index (χ3n) is 3.66. The fraction of sp³-hybridized carbons (Fsp3) is 0.0625. The first-order valence-corrected chi connectivity index (χ1v) is 6.78. The summed E-state index contributed by atoms with van der Waals surface area (Å²) >= 11 is 0. The molecule has 3 heterocycles. The Morgan fingerprint density at radius 2 is 2.14 bits per heavy atom. The zero-order valence-electron chi connectivity index (χ0n) is 11.8. The number of amides is 1. The Bertz CT molecular complexity index is 1000. The van der Waals surface area contributed by atoms with Crippen LogP contribution in [0.5, 0.6) is 0 Å². The second-order valence-corrected chi connectivity index (χ2v) is 5.03. The fourth-order valence-corrected chi connectivity index (χ4v) is 2.67. The maximum absolute atomic E-state index is 10.5. The molecular weight excluding hydrogens is 280 g/mol. The topological polar surface area (TPSA) is 72.4 Å². The predicted molar refractivity (Wildman–Crippen MR) is 82.6 cm³/mol. The highest BCUT2D eigenvalue weighted by Crippen LogP contribution is 2.31. The Hall–Kier alpha value is -3.15. The summed E-state index contributed by atoms with van der Waals surface area (Å²) in [6, 6.07) is 7.83. The number of benzene rings is 1. The lowest BCUT2D eigenvalue weighted by Crippen LogP contribution is -1.92. The predicted octanol–water partition coefficient (Wildman–Crippen LogP) is 3.02. The molecule has 0 saturated heterocycles. The second kappa shape index (κ2) is 4.70. The number of hydrogen-bond donors (Lipinski definition) is 1. The van der Waals surface area contributed by atoms with Crippen molar-refractivity contribution in [3.63, 3.8) is 0 Å². The van der Waals surface area contributed by atoms with Crippen molar-refractivity contribution in [2.75, 3.05) is 5.32 Å². The monoisotopic (exact) mass is 292 g/mol. The van der Waals surface area contributed by atoms with Crippen molar-refractivity contribution in [3.8, 4) is 11.1 Å². The number of aromatic nitrogens is 3. The van der Waals surface area contributed by atoms with Crippen molar-refractivity contribution in [2.24, 2.45) is 0 Å². The van der Waals surface area contributed by atoms with E-state index in [1.807, 2.05) is 41.8 Å². The lowest BCUT2D eigenvalue weighted by molar-refractivity contribution is -0.105. The van der Waals surface area contributed by atoms with Crippen molar-refractivity contribution in [1.29, 1.82) is 0 Å². The van der Waals surface area contributed by atoms with Crippen LogP contribution in [0.25, 0.3) is 27.9 Å². The van der Waals surface area contributed by atoms with Crippen LogP contribution in [0.4, 0.5) is 5.82 Å². The van der Waals surface area contributed by atoms with Crippen molar-refractivity contribution < 1.29 is 9.21 Å². The maximum atomic E-state index is 10.5. The van der Waals surface area contributed by atoms with Crippen LogP contribution >= 0.6 is 0 Å². The number of nitrogens with zero attached hydrogens (tertiary/aromatic N) is 3. The summed E-state index contributed by atoms with van der Waals surface area (Å²) < 4.78 is 7.25. The third kappa shape index (κ3) is 1.85. The molecule has 6 heteroatoms. The van der Waals surface area contributed by atoms with Crippen LogP contribution < -0.4 is 5.32 Å². The molecule has 6 nitrogen and oxygen atoms in total. The summed E-state index contributed by atoms with van der Waals surface area (Å²) in [5.41, 5.74) is 5.52. The molecular formula is C16H12N4O2. The van der Waals surface area contributed by atoms with E-state index in [9.17, 15) is 4.79 Å². The van der Waals surface area contributed by atoms with Crippen LogP contribution in [0.2, 0.25) is 0 Å². The van der Waals surface area contributed by atoms with Gasteiger partial charge < -0.3 is 14.1 Å². The van der Waals surface area contributed by atoms with E-state index in [0.29, 0.717) is 12.2 Å². The van der Waals surface area contributed by atoms with Crippen molar-refractivity contribution in [3.05, 3.63) is 48.6 Å². The zero-order valence-corrected chi connectivity index (χ0v) is 11.8. The SMILES string of the molecule is Cc1ccc2ocnc2c1-c1ccc2nc(NC=O)cn2c1. The van der Waals surface area contributed by atoms with Gasteiger partial charge >= 0.3 is 0 Å². The molecule has 4 rings (SSSR count). The number of fused-ring (bicyclic) bond motifs is 2. The Morgan fingerprint density at radius 1 is 1.23 bits per heavy atom. The average Bonchev–Trinajstić information content (AvgIpc) is 3.12. The lowest BCUT2D eigenvalue weighted by Gasteiger charge is -2.07. The molecule has 108 valence electrons. The number of carbonyl (C=O) groups excluding carboxylic acids is 1. The molecule has 4 aromatic rings. The van der Waals surface area contributed by atoms with Crippen LogP contribution in [0.3, 0.4) is 0 Å². The molecule has 0 spiro atoms. The van der Waals surface area contributed by atoms with Gasteiger partial charge in [0.2, 0.25) is 6.41 Å². The van der Waals surface area contributed by atoms with Gasteiger partial charge in [-0.3, -0.25) is 4.79 Å². The third-order valence-corrected chi connectivity index (χ3v) is 3.66. The van der Waals surface area contributed by atoms with Gasteiger partial charge in [0.05, 0.1) is 6.20 Å². The highest BCUT2D eigenvalue weighted by atomic mass is 16.3. The molecule has 0 atom stereocenters. The Labute approximate surface area is 125 Å². The molecule has 0 aliphatic rings. The van der Waals surface area contributed by atoms with Crippen molar-refractivity contribution in [1.82, 2.24) is 14.4 Å². The van der Waals surface area contributed by atoms with Crippen molar-refractivity contribution >= 4 is 29.0 Å². The minimum absolute atomic E-state index is 0.517. The quantitative estimate of drug-likeness (QED) is 0.589. The van der Waals surface area contributed by atoms with Gasteiger partial charge in [-0.15, -0.1) is 0 Å². The number of oxazole rings is 1. The Kier molecular flexibility index (Phi) is 2.69. The number of anilines is 1. The minimum Gasteiger partial charge on any atom is -0.443 e. The van der Waals surface area contributed by atoms with E-state index < -0.39 is 0 Å². The van der Waals surface area contributed by atoms with Gasteiger partial charge in [0, 0.05) is 17.3 Å². The normalized spacial score (nSPS) is 11.1. The van der Waals surface area contributed by atoms with Gasteiger partial charge in [-0.25, -0.2) is 9.97 Å². The molecule has 0 unspecified atom stereocenters. The molecule has 0 radical (unpaired) electrons. The van der Waals surface area contributed by atoms with E-state index in [1.54, 1.807) is 6.20 Å². The molecule has 1 N–H and O–H groups in total. The molecule has 0 aliphatic heterocycles. The number of rotatable bonds is 3. The highest BCUT2D eigenvalue weighted by molar-refractivity contribution is 5.92. The van der Waals surface area contributed by atoms with Crippen LogP contribution in [-0.4, -0.2) is 20.8 Å². The van der Waals surface area contributed by atoms with Crippen LogP contribution in [0.1, 0.15) is 5.56 Å². The van der Waals surface area contributed by atoms with E-state index in [0.717, 1.165) is 33.4 Å². The first-order chi connectivity index (χ1) is 10.8. The van der Waals surface area contributed by atoms with E-state index in [4.69, 9.17) is 4.42 Å². The van der Waals surface area contributed by atoms with Gasteiger partial charge in [-0.05, 0) is 30.7 Å². The van der Waals surface area contributed by atoms with Crippen LogP contribution in [-0.2, 0) is 4.79 Å². The molecule has 0 aliphatic carbocycles. The summed E-state index contributed by atoms with van der Waals surface area (Å²) in [7, 11) is 0. The average molecular weight is 292 g/mol. The maximum Gasteiger partial charge on any atom is 0.212 e. The number of imidazole rings is 1. The van der Waals surface area contributed by atoms with E-state index >= 15 is 0 Å². The second-order valence-electron chi connectivity index (χ2n) is 5.03. The summed E-state index contributed by atoms with van der Waals surface area (Å²) in [4.78, 5) is 19.1. The standard InChI is InChI=1S/C16H12N4O2/c1-10-2-4-12-16(18-9-22-12)15(10)11-3-5-14-19-13(17-8-21)7-20(14)6-11/h2-9H,1H3,(H,17,21). The van der Waals surface area contributed by atoms with Gasteiger partial charge in [-0.2, -0.15) is 0 Å². The molecule has 3 aromatic heterocycles. The number of pyridine rings is 1. The fourth-order valence-electron chi connectivity index (χ4n) is 2.67. The molecule has 0 fully saturated rings. The summed E-state index contributed by atoms with van der Waals surface area (Å²) in [5, 5.41) is 2.55.